The number of carbonyl (C=O) groups is 1. The van der Waals surface area contributed by atoms with Gasteiger partial charge in [0.15, 0.2) is 15.6 Å². The van der Waals surface area contributed by atoms with Crippen molar-refractivity contribution in [2.24, 2.45) is 0 Å². The summed E-state index contributed by atoms with van der Waals surface area (Å²) in [7, 11) is -3.79. The fourth-order valence-corrected chi connectivity index (χ4v) is 3.43. The molecule has 1 aromatic heterocycles. The number of sulfone groups is 1. The lowest BCUT2D eigenvalue weighted by Crippen LogP contribution is -2.15. The van der Waals surface area contributed by atoms with Gasteiger partial charge in [-0.15, -0.1) is 11.3 Å². The van der Waals surface area contributed by atoms with Gasteiger partial charge in [0, 0.05) is 0 Å². The largest absolute Gasteiger partial charge is 0.292 e. The van der Waals surface area contributed by atoms with Crippen LogP contribution in [0.4, 0.5) is 4.39 Å². The van der Waals surface area contributed by atoms with Crippen LogP contribution >= 0.6 is 11.3 Å². The van der Waals surface area contributed by atoms with Crippen LogP contribution in [0.3, 0.4) is 0 Å². The summed E-state index contributed by atoms with van der Waals surface area (Å²) in [6, 6.07) is 7.88. The van der Waals surface area contributed by atoms with E-state index in [1.54, 1.807) is 17.5 Å². The summed E-state index contributed by atoms with van der Waals surface area (Å²) >= 11 is 1.18. The quantitative estimate of drug-likeness (QED) is 0.811. The van der Waals surface area contributed by atoms with Crippen molar-refractivity contribution in [2.45, 2.75) is 4.90 Å². The first-order valence-electron chi connectivity index (χ1n) is 5.04. The van der Waals surface area contributed by atoms with Crippen LogP contribution in [-0.2, 0) is 9.84 Å². The standard InChI is InChI=1S/C12H9FO3S2/c13-9-3-1-4-10(7-9)18(15,16)8-11(14)12-5-2-6-17-12/h1-7H,8H2. The normalized spacial score (nSPS) is 11.4. The Morgan fingerprint density at radius 1 is 1.22 bits per heavy atom. The van der Waals surface area contributed by atoms with E-state index < -0.39 is 27.2 Å². The van der Waals surface area contributed by atoms with Crippen LogP contribution < -0.4 is 0 Å². The summed E-state index contributed by atoms with van der Waals surface area (Å²) < 4.78 is 36.8. The molecule has 0 bridgehead atoms. The van der Waals surface area contributed by atoms with Gasteiger partial charge < -0.3 is 0 Å². The van der Waals surface area contributed by atoms with Crippen LogP contribution in [-0.4, -0.2) is 20.0 Å². The molecule has 18 heavy (non-hydrogen) atoms. The lowest BCUT2D eigenvalue weighted by atomic mass is 10.3. The number of halogens is 1. The Morgan fingerprint density at radius 2 is 2.00 bits per heavy atom. The minimum absolute atomic E-state index is 0.174. The Bertz CT molecular complexity index is 660. The Morgan fingerprint density at radius 3 is 2.61 bits per heavy atom. The van der Waals surface area contributed by atoms with Gasteiger partial charge in [-0.3, -0.25) is 4.79 Å². The zero-order valence-electron chi connectivity index (χ0n) is 9.17. The van der Waals surface area contributed by atoms with E-state index in [2.05, 4.69) is 0 Å². The van der Waals surface area contributed by atoms with Gasteiger partial charge in [0.05, 0.1) is 9.77 Å². The van der Waals surface area contributed by atoms with Crippen molar-refractivity contribution in [3.63, 3.8) is 0 Å². The van der Waals surface area contributed by atoms with E-state index >= 15 is 0 Å². The van der Waals surface area contributed by atoms with Crippen molar-refractivity contribution in [3.05, 3.63) is 52.5 Å². The average Bonchev–Trinajstić information content (AvgIpc) is 2.82. The van der Waals surface area contributed by atoms with E-state index in [0.29, 0.717) is 4.88 Å². The monoisotopic (exact) mass is 284 g/mol. The third-order valence-corrected chi connectivity index (χ3v) is 4.80. The Hall–Kier alpha value is -1.53. The predicted molar refractivity (Wildman–Crippen MR) is 67.1 cm³/mol. The molecule has 0 saturated heterocycles. The molecule has 0 radical (unpaired) electrons. The summed E-state index contributed by atoms with van der Waals surface area (Å²) in [6.07, 6.45) is 0. The maximum Gasteiger partial charge on any atom is 0.188 e. The van der Waals surface area contributed by atoms with E-state index in [1.165, 1.54) is 23.5 Å². The summed E-state index contributed by atoms with van der Waals surface area (Å²) in [5.74, 6) is -1.76. The number of Topliss-reactive ketones (excluding diaryl/α,β-unsaturated/α-hetero) is 1. The second-order valence-corrected chi connectivity index (χ2v) is 6.55. The van der Waals surface area contributed by atoms with Gasteiger partial charge in [0.1, 0.15) is 11.6 Å². The maximum absolute atomic E-state index is 13.0. The number of carbonyl (C=O) groups excluding carboxylic acids is 1. The van der Waals surface area contributed by atoms with Gasteiger partial charge in [-0.05, 0) is 29.6 Å². The molecule has 0 saturated carbocycles. The van der Waals surface area contributed by atoms with Gasteiger partial charge in [0.2, 0.25) is 0 Å². The predicted octanol–water partition coefficient (Wildman–Crippen LogP) is 2.54. The van der Waals surface area contributed by atoms with Crippen molar-refractivity contribution < 1.29 is 17.6 Å². The topological polar surface area (TPSA) is 51.2 Å². The molecule has 0 aliphatic carbocycles. The van der Waals surface area contributed by atoms with Gasteiger partial charge in [-0.25, -0.2) is 12.8 Å². The zero-order valence-corrected chi connectivity index (χ0v) is 10.8. The summed E-state index contributed by atoms with van der Waals surface area (Å²) in [5.41, 5.74) is 0. The molecule has 0 fully saturated rings. The first-order valence-corrected chi connectivity index (χ1v) is 7.57. The van der Waals surface area contributed by atoms with Gasteiger partial charge >= 0.3 is 0 Å². The average molecular weight is 284 g/mol. The molecular formula is C12H9FO3S2. The first-order chi connectivity index (χ1) is 8.49. The number of hydrogen-bond donors (Lipinski definition) is 0. The highest BCUT2D eigenvalue weighted by atomic mass is 32.2. The number of thiophene rings is 1. The van der Waals surface area contributed by atoms with E-state index in [9.17, 15) is 17.6 Å². The van der Waals surface area contributed by atoms with Crippen LogP contribution in [0.5, 0.6) is 0 Å². The summed E-state index contributed by atoms with van der Waals surface area (Å²) in [6.45, 7) is 0. The lowest BCUT2D eigenvalue weighted by Gasteiger charge is -2.02. The van der Waals surface area contributed by atoms with Gasteiger partial charge in [-0.1, -0.05) is 12.1 Å². The fraction of sp³-hybridized carbons (Fsp3) is 0.0833. The smallest absolute Gasteiger partial charge is 0.188 e. The van der Waals surface area contributed by atoms with Crippen molar-refractivity contribution in [2.75, 3.05) is 5.75 Å². The Balaban J connectivity index is 2.25. The highest BCUT2D eigenvalue weighted by molar-refractivity contribution is 7.92. The molecule has 0 aliphatic rings. The second-order valence-electron chi connectivity index (χ2n) is 3.62. The second kappa shape index (κ2) is 4.99. The fourth-order valence-electron chi connectivity index (χ4n) is 1.42. The number of benzene rings is 1. The van der Waals surface area contributed by atoms with Crippen LogP contribution in [0.2, 0.25) is 0 Å². The highest BCUT2D eigenvalue weighted by Gasteiger charge is 2.21. The van der Waals surface area contributed by atoms with Gasteiger partial charge in [0.25, 0.3) is 0 Å². The Kier molecular flexibility index (Phi) is 3.58. The number of rotatable bonds is 4. The van der Waals surface area contributed by atoms with Crippen molar-refractivity contribution in [3.8, 4) is 0 Å². The van der Waals surface area contributed by atoms with Crippen molar-refractivity contribution in [1.82, 2.24) is 0 Å². The maximum atomic E-state index is 13.0. The SMILES string of the molecule is O=C(CS(=O)(=O)c1cccc(F)c1)c1cccs1. The Labute approximate surface area is 108 Å². The molecular weight excluding hydrogens is 275 g/mol. The molecule has 3 nitrogen and oxygen atoms in total. The highest BCUT2D eigenvalue weighted by Crippen LogP contribution is 2.16. The molecule has 94 valence electrons. The zero-order chi connectivity index (χ0) is 13.2. The van der Waals surface area contributed by atoms with Crippen LogP contribution in [0.25, 0.3) is 0 Å². The minimum Gasteiger partial charge on any atom is -0.292 e. The van der Waals surface area contributed by atoms with Crippen molar-refractivity contribution in [1.29, 1.82) is 0 Å². The van der Waals surface area contributed by atoms with E-state index in [1.807, 2.05) is 0 Å². The van der Waals surface area contributed by atoms with Crippen LogP contribution in [0, 0.1) is 5.82 Å². The third-order valence-electron chi connectivity index (χ3n) is 2.27. The van der Waals surface area contributed by atoms with Gasteiger partial charge in [-0.2, -0.15) is 0 Å². The van der Waals surface area contributed by atoms with Crippen LogP contribution in [0.15, 0.2) is 46.7 Å². The first kappa shape index (κ1) is 12.9. The molecule has 6 heteroatoms. The van der Waals surface area contributed by atoms with E-state index in [4.69, 9.17) is 0 Å². The third kappa shape index (κ3) is 2.83. The molecule has 0 aliphatic heterocycles. The van der Waals surface area contributed by atoms with E-state index in [-0.39, 0.29) is 4.90 Å². The number of hydrogen-bond acceptors (Lipinski definition) is 4. The molecule has 1 heterocycles. The molecule has 0 N–H and O–H groups in total. The molecule has 0 spiro atoms. The lowest BCUT2D eigenvalue weighted by molar-refractivity contribution is 0.102. The minimum atomic E-state index is -3.79. The number of ketones is 1. The molecule has 2 rings (SSSR count). The van der Waals surface area contributed by atoms with Crippen molar-refractivity contribution >= 4 is 27.0 Å². The summed E-state index contributed by atoms with van der Waals surface area (Å²) in [5, 5.41) is 1.70. The molecule has 0 amide bonds. The molecule has 0 unspecified atom stereocenters. The van der Waals surface area contributed by atoms with Crippen LogP contribution in [0.1, 0.15) is 9.67 Å². The molecule has 0 atom stereocenters. The molecule has 1 aromatic carbocycles. The summed E-state index contributed by atoms with van der Waals surface area (Å²) in [4.78, 5) is 11.9. The molecule has 2 aromatic rings. The van der Waals surface area contributed by atoms with E-state index in [0.717, 1.165) is 12.1 Å².